The average molecular weight is 288 g/mol. The molecule has 0 N–H and O–H groups in total. The molecule has 0 saturated heterocycles. The Morgan fingerprint density at radius 1 is 1.00 bits per heavy atom. The molecule has 0 bridgehead atoms. The van der Waals surface area contributed by atoms with E-state index in [-0.39, 0.29) is 11.8 Å². The van der Waals surface area contributed by atoms with Crippen LogP contribution in [0.2, 0.25) is 0 Å². The van der Waals surface area contributed by atoms with Gasteiger partial charge < -0.3 is 4.74 Å². The van der Waals surface area contributed by atoms with Gasteiger partial charge >= 0.3 is 5.97 Å². The molecule has 0 aromatic heterocycles. The first kappa shape index (κ1) is 15.5. The van der Waals surface area contributed by atoms with Gasteiger partial charge in [0, 0.05) is 5.39 Å². The molecule has 0 spiro atoms. The van der Waals surface area contributed by atoms with Crippen molar-refractivity contribution in [2.45, 2.75) is 39.0 Å². The van der Waals surface area contributed by atoms with Crippen LogP contribution in [0.3, 0.4) is 0 Å². The number of fused-ring (bicyclic) bond motifs is 1. The van der Waals surface area contributed by atoms with Gasteiger partial charge in [-0.05, 0) is 23.9 Å². The molecular weight excluding hydrogens is 267 g/mol. The molecule has 112 valence electrons. The Morgan fingerprint density at radius 2 is 1.71 bits per heavy atom. The van der Waals surface area contributed by atoms with Crippen molar-refractivity contribution in [1.29, 1.82) is 0 Å². The molecule has 0 radical (unpaired) electrons. The van der Waals surface area contributed by atoms with E-state index in [2.05, 4.69) is 6.92 Å². The Balaban J connectivity index is 1.98. The zero-order valence-electron chi connectivity index (χ0n) is 12.4. The minimum absolute atomic E-state index is 0.318. The fourth-order valence-corrected chi connectivity index (χ4v) is 2.39. The second-order valence-corrected chi connectivity index (χ2v) is 5.19. The molecule has 2 aromatic rings. The van der Waals surface area contributed by atoms with Gasteiger partial charge in [-0.2, -0.15) is 0 Å². The molecule has 21 heavy (non-hydrogen) atoms. The SMILES string of the molecule is CCCCCCCOC(=O)c1ccc(F)c2ccccc12. The van der Waals surface area contributed by atoms with E-state index in [1.165, 1.54) is 31.4 Å². The zero-order valence-corrected chi connectivity index (χ0v) is 12.4. The Labute approximate surface area is 124 Å². The summed E-state index contributed by atoms with van der Waals surface area (Å²) in [6, 6.07) is 9.79. The van der Waals surface area contributed by atoms with Crippen molar-refractivity contribution in [2.24, 2.45) is 0 Å². The number of ether oxygens (including phenoxy) is 1. The molecule has 0 unspecified atom stereocenters. The molecule has 0 amide bonds. The van der Waals surface area contributed by atoms with Crippen LogP contribution in [-0.4, -0.2) is 12.6 Å². The van der Waals surface area contributed by atoms with Crippen molar-refractivity contribution in [2.75, 3.05) is 6.61 Å². The summed E-state index contributed by atoms with van der Waals surface area (Å²) < 4.78 is 19.0. The molecule has 0 heterocycles. The summed E-state index contributed by atoms with van der Waals surface area (Å²) in [6.07, 6.45) is 5.54. The van der Waals surface area contributed by atoms with Crippen molar-refractivity contribution in [3.05, 3.63) is 47.8 Å². The van der Waals surface area contributed by atoms with E-state index in [1.807, 2.05) is 0 Å². The lowest BCUT2D eigenvalue weighted by atomic mass is 10.0. The average Bonchev–Trinajstić information content (AvgIpc) is 2.51. The Bertz CT molecular complexity index is 607. The quantitative estimate of drug-likeness (QED) is 0.523. The summed E-state index contributed by atoms with van der Waals surface area (Å²) >= 11 is 0. The van der Waals surface area contributed by atoms with Gasteiger partial charge in [-0.3, -0.25) is 0 Å². The van der Waals surface area contributed by atoms with Crippen molar-refractivity contribution in [3.63, 3.8) is 0 Å². The van der Waals surface area contributed by atoms with E-state index in [0.717, 1.165) is 12.8 Å². The third kappa shape index (κ3) is 4.03. The number of esters is 1. The van der Waals surface area contributed by atoms with E-state index < -0.39 is 0 Å². The van der Waals surface area contributed by atoms with Crippen molar-refractivity contribution < 1.29 is 13.9 Å². The topological polar surface area (TPSA) is 26.3 Å². The van der Waals surface area contributed by atoms with Crippen LogP contribution in [0, 0.1) is 5.82 Å². The normalized spacial score (nSPS) is 10.8. The number of halogens is 1. The van der Waals surface area contributed by atoms with Gasteiger partial charge in [-0.25, -0.2) is 9.18 Å². The van der Waals surface area contributed by atoms with Gasteiger partial charge in [0.2, 0.25) is 0 Å². The second-order valence-electron chi connectivity index (χ2n) is 5.19. The highest BCUT2D eigenvalue weighted by atomic mass is 19.1. The summed E-state index contributed by atoms with van der Waals surface area (Å²) in [5, 5.41) is 1.06. The smallest absolute Gasteiger partial charge is 0.338 e. The summed E-state index contributed by atoms with van der Waals surface area (Å²) in [4.78, 5) is 12.1. The van der Waals surface area contributed by atoms with Gasteiger partial charge in [-0.1, -0.05) is 56.9 Å². The highest BCUT2D eigenvalue weighted by molar-refractivity contribution is 6.04. The molecule has 2 aromatic carbocycles. The molecule has 0 aliphatic heterocycles. The van der Waals surface area contributed by atoms with Crippen molar-refractivity contribution >= 4 is 16.7 Å². The molecule has 0 aliphatic carbocycles. The first-order valence-electron chi connectivity index (χ1n) is 7.58. The number of rotatable bonds is 7. The highest BCUT2D eigenvalue weighted by Gasteiger charge is 2.13. The zero-order chi connectivity index (χ0) is 15.1. The molecule has 3 heteroatoms. The van der Waals surface area contributed by atoms with E-state index in [9.17, 15) is 9.18 Å². The maximum absolute atomic E-state index is 13.7. The molecule has 2 nitrogen and oxygen atoms in total. The van der Waals surface area contributed by atoms with Crippen LogP contribution in [0.5, 0.6) is 0 Å². The van der Waals surface area contributed by atoms with Crippen LogP contribution >= 0.6 is 0 Å². The van der Waals surface area contributed by atoms with Crippen LogP contribution in [-0.2, 0) is 4.74 Å². The lowest BCUT2D eigenvalue weighted by Crippen LogP contribution is -2.07. The lowest BCUT2D eigenvalue weighted by Gasteiger charge is -2.08. The molecule has 2 rings (SSSR count). The third-order valence-corrected chi connectivity index (χ3v) is 3.57. The van der Waals surface area contributed by atoms with Crippen LogP contribution in [0.15, 0.2) is 36.4 Å². The summed E-state index contributed by atoms with van der Waals surface area (Å²) in [5.41, 5.74) is 0.431. The largest absolute Gasteiger partial charge is 0.462 e. The number of hydrogen-bond acceptors (Lipinski definition) is 2. The molecule has 0 atom stereocenters. The van der Waals surface area contributed by atoms with E-state index in [1.54, 1.807) is 24.3 Å². The standard InChI is InChI=1S/C18H21FO2/c1-2-3-4-5-8-13-21-18(20)16-11-12-17(19)15-10-7-6-9-14(15)16/h6-7,9-12H,2-5,8,13H2,1H3. The Hall–Kier alpha value is -1.90. The van der Waals surface area contributed by atoms with Gasteiger partial charge in [0.1, 0.15) is 5.82 Å². The highest BCUT2D eigenvalue weighted by Crippen LogP contribution is 2.22. The number of carbonyl (C=O) groups excluding carboxylic acids is 1. The van der Waals surface area contributed by atoms with Gasteiger partial charge in [-0.15, -0.1) is 0 Å². The monoisotopic (exact) mass is 288 g/mol. The van der Waals surface area contributed by atoms with E-state index in [0.29, 0.717) is 22.9 Å². The van der Waals surface area contributed by atoms with Crippen molar-refractivity contribution in [1.82, 2.24) is 0 Å². The maximum atomic E-state index is 13.7. The molecule has 0 fully saturated rings. The predicted molar refractivity (Wildman–Crippen MR) is 82.9 cm³/mol. The second kappa shape index (κ2) is 7.77. The summed E-state index contributed by atoms with van der Waals surface area (Å²) in [6.45, 7) is 2.59. The van der Waals surface area contributed by atoms with Crippen LogP contribution < -0.4 is 0 Å². The number of carbonyl (C=O) groups is 1. The van der Waals surface area contributed by atoms with Crippen molar-refractivity contribution in [3.8, 4) is 0 Å². The maximum Gasteiger partial charge on any atom is 0.338 e. The first-order valence-corrected chi connectivity index (χ1v) is 7.58. The first-order chi connectivity index (χ1) is 10.2. The van der Waals surface area contributed by atoms with E-state index >= 15 is 0 Å². The fourth-order valence-electron chi connectivity index (χ4n) is 2.39. The number of unbranched alkanes of at least 4 members (excludes halogenated alkanes) is 4. The van der Waals surface area contributed by atoms with Crippen LogP contribution in [0.1, 0.15) is 49.4 Å². The Morgan fingerprint density at radius 3 is 2.48 bits per heavy atom. The number of benzene rings is 2. The molecule has 0 saturated carbocycles. The molecular formula is C18H21FO2. The molecule has 0 aliphatic rings. The lowest BCUT2D eigenvalue weighted by molar-refractivity contribution is 0.0500. The minimum Gasteiger partial charge on any atom is -0.462 e. The van der Waals surface area contributed by atoms with E-state index in [4.69, 9.17) is 4.74 Å². The Kier molecular flexibility index (Phi) is 5.73. The number of hydrogen-bond donors (Lipinski definition) is 0. The van der Waals surface area contributed by atoms with Gasteiger partial charge in [0.25, 0.3) is 0 Å². The summed E-state index contributed by atoms with van der Waals surface area (Å²) in [5.74, 6) is -0.691. The van der Waals surface area contributed by atoms with Gasteiger partial charge in [0.05, 0.1) is 12.2 Å². The van der Waals surface area contributed by atoms with Crippen LogP contribution in [0.25, 0.3) is 10.8 Å². The fraction of sp³-hybridized carbons (Fsp3) is 0.389. The third-order valence-electron chi connectivity index (χ3n) is 3.57. The summed E-state index contributed by atoms with van der Waals surface area (Å²) in [7, 11) is 0. The van der Waals surface area contributed by atoms with Crippen LogP contribution in [0.4, 0.5) is 4.39 Å². The van der Waals surface area contributed by atoms with Gasteiger partial charge in [0.15, 0.2) is 0 Å². The predicted octanol–water partition coefficient (Wildman–Crippen LogP) is 5.11. The minimum atomic E-state index is -0.373.